The average Bonchev–Trinajstić information content (AvgIpc) is 4.01. The maximum atomic E-state index is 14.0. The molecule has 0 spiro atoms. The molecule has 0 unspecified atom stereocenters. The monoisotopic (exact) mass is 796 g/mol. The number of carbonyl (C=O) groups excluding carboxylic acids is 5. The van der Waals surface area contributed by atoms with Gasteiger partial charge in [-0.2, -0.15) is 0 Å². The number of ether oxygens (including phenoxy) is 1. The fourth-order valence-electron chi connectivity index (χ4n) is 8.44. The SMILES string of the molecule is CC(C)OC(=O)C[C@@H](C(=O)N1CCC[C@H]1C(=O)Nc1ccc(-c2cc3cc(CC(=O)[C@@H]4CCCN4C(=O)[C@@H](c4ccccc4)N(C)C)ccc3o2)cc1)c1ccccc1. The Morgan fingerprint density at radius 2 is 1.39 bits per heavy atom. The summed E-state index contributed by atoms with van der Waals surface area (Å²) in [5, 5.41) is 3.84. The van der Waals surface area contributed by atoms with E-state index in [0.717, 1.165) is 28.5 Å². The molecule has 3 heterocycles. The zero-order valence-electron chi connectivity index (χ0n) is 34.1. The minimum absolute atomic E-state index is 0.0227. The van der Waals surface area contributed by atoms with E-state index >= 15 is 0 Å². The molecule has 11 nitrogen and oxygen atoms in total. The van der Waals surface area contributed by atoms with Gasteiger partial charge in [-0.3, -0.25) is 28.9 Å². The Morgan fingerprint density at radius 3 is 2.03 bits per heavy atom. The maximum absolute atomic E-state index is 14.0. The van der Waals surface area contributed by atoms with Crippen molar-refractivity contribution in [3.8, 4) is 11.3 Å². The number of amides is 3. The van der Waals surface area contributed by atoms with E-state index in [2.05, 4.69) is 5.32 Å². The molecule has 3 amide bonds. The fourth-order valence-corrected chi connectivity index (χ4v) is 8.44. The van der Waals surface area contributed by atoms with Gasteiger partial charge in [0.1, 0.15) is 23.4 Å². The molecule has 11 heteroatoms. The van der Waals surface area contributed by atoms with E-state index in [1.165, 1.54) is 0 Å². The van der Waals surface area contributed by atoms with Crippen LogP contribution in [0.3, 0.4) is 0 Å². The van der Waals surface area contributed by atoms with Crippen molar-refractivity contribution in [2.75, 3.05) is 32.5 Å². The highest BCUT2D eigenvalue weighted by atomic mass is 16.5. The van der Waals surface area contributed by atoms with Crippen LogP contribution in [0.15, 0.2) is 114 Å². The van der Waals surface area contributed by atoms with Gasteiger partial charge in [-0.1, -0.05) is 66.7 Å². The van der Waals surface area contributed by atoms with Gasteiger partial charge in [0.2, 0.25) is 17.7 Å². The third-order valence-electron chi connectivity index (χ3n) is 11.2. The van der Waals surface area contributed by atoms with Crippen molar-refractivity contribution in [1.82, 2.24) is 14.7 Å². The number of hydrogen-bond acceptors (Lipinski definition) is 8. The van der Waals surface area contributed by atoms with Gasteiger partial charge in [-0.15, -0.1) is 0 Å². The Labute approximate surface area is 345 Å². The van der Waals surface area contributed by atoms with Crippen LogP contribution in [0.1, 0.15) is 74.6 Å². The van der Waals surface area contributed by atoms with Crippen LogP contribution in [-0.4, -0.2) is 89.5 Å². The maximum Gasteiger partial charge on any atom is 0.307 e. The van der Waals surface area contributed by atoms with Crippen molar-refractivity contribution < 1.29 is 33.1 Å². The van der Waals surface area contributed by atoms with Crippen LogP contribution in [0.25, 0.3) is 22.3 Å². The second-order valence-electron chi connectivity index (χ2n) is 16.1. The number of Topliss-reactive ketones (excluding diaryl/α,β-unsaturated/α-hetero) is 1. The van der Waals surface area contributed by atoms with Gasteiger partial charge in [-0.25, -0.2) is 0 Å². The highest BCUT2D eigenvalue weighted by molar-refractivity contribution is 5.99. The number of furan rings is 1. The lowest BCUT2D eigenvalue weighted by molar-refractivity contribution is -0.150. The highest BCUT2D eigenvalue weighted by Crippen LogP contribution is 2.33. The summed E-state index contributed by atoms with van der Waals surface area (Å²) in [7, 11) is 3.78. The molecule has 2 saturated heterocycles. The zero-order valence-corrected chi connectivity index (χ0v) is 34.1. The Kier molecular flexibility index (Phi) is 12.7. The highest BCUT2D eigenvalue weighted by Gasteiger charge is 2.40. The normalized spacial score (nSPS) is 17.7. The predicted molar refractivity (Wildman–Crippen MR) is 226 cm³/mol. The third kappa shape index (κ3) is 9.47. The summed E-state index contributed by atoms with van der Waals surface area (Å²) < 4.78 is 11.6. The molecule has 0 bridgehead atoms. The van der Waals surface area contributed by atoms with Gasteiger partial charge in [0.15, 0.2) is 5.78 Å². The quantitative estimate of drug-likeness (QED) is 0.114. The predicted octanol–water partition coefficient (Wildman–Crippen LogP) is 7.56. The summed E-state index contributed by atoms with van der Waals surface area (Å²) in [6.07, 6.45) is 2.42. The number of likely N-dealkylation sites (tertiary alicyclic amines) is 2. The molecular formula is C48H52N4O7. The van der Waals surface area contributed by atoms with Crippen molar-refractivity contribution in [1.29, 1.82) is 0 Å². The lowest BCUT2D eigenvalue weighted by atomic mass is 9.93. The number of esters is 1. The molecule has 4 aromatic carbocycles. The molecule has 1 aromatic heterocycles. The second kappa shape index (κ2) is 18.2. The van der Waals surface area contributed by atoms with E-state index in [-0.39, 0.29) is 42.5 Å². The van der Waals surface area contributed by atoms with Crippen LogP contribution >= 0.6 is 0 Å². The summed E-state index contributed by atoms with van der Waals surface area (Å²) in [6.45, 7) is 4.52. The van der Waals surface area contributed by atoms with Crippen molar-refractivity contribution in [2.24, 2.45) is 0 Å². The number of anilines is 1. The topological polar surface area (TPSA) is 129 Å². The minimum Gasteiger partial charge on any atom is -0.463 e. The average molecular weight is 797 g/mol. The Morgan fingerprint density at radius 1 is 0.763 bits per heavy atom. The molecule has 7 rings (SSSR count). The molecule has 1 N–H and O–H groups in total. The number of benzene rings is 4. The molecule has 0 aliphatic carbocycles. The van der Waals surface area contributed by atoms with Crippen LogP contribution in [0.5, 0.6) is 0 Å². The molecule has 5 aromatic rings. The number of rotatable bonds is 14. The van der Waals surface area contributed by atoms with E-state index in [9.17, 15) is 24.0 Å². The minimum atomic E-state index is -0.759. The van der Waals surface area contributed by atoms with E-state index in [1.54, 1.807) is 35.8 Å². The van der Waals surface area contributed by atoms with Crippen LogP contribution in [0.4, 0.5) is 5.69 Å². The van der Waals surface area contributed by atoms with Gasteiger partial charge in [-0.05, 0) is 113 Å². The Hall–Kier alpha value is -6.07. The van der Waals surface area contributed by atoms with Crippen molar-refractivity contribution in [3.05, 3.63) is 126 Å². The first-order valence-corrected chi connectivity index (χ1v) is 20.5. The lowest BCUT2D eigenvalue weighted by Crippen LogP contribution is -2.46. The van der Waals surface area contributed by atoms with Gasteiger partial charge >= 0.3 is 5.97 Å². The van der Waals surface area contributed by atoms with E-state index < -0.39 is 30.0 Å². The molecule has 0 radical (unpaired) electrons. The molecular weight excluding hydrogens is 745 g/mol. The number of ketones is 1. The van der Waals surface area contributed by atoms with Crippen LogP contribution in [0.2, 0.25) is 0 Å². The van der Waals surface area contributed by atoms with E-state index in [1.807, 2.05) is 116 Å². The van der Waals surface area contributed by atoms with E-state index in [0.29, 0.717) is 54.9 Å². The molecule has 306 valence electrons. The van der Waals surface area contributed by atoms with Gasteiger partial charge in [0.05, 0.1) is 24.5 Å². The third-order valence-corrected chi connectivity index (χ3v) is 11.2. The van der Waals surface area contributed by atoms with Crippen molar-refractivity contribution in [3.63, 3.8) is 0 Å². The van der Waals surface area contributed by atoms with E-state index in [4.69, 9.17) is 9.15 Å². The van der Waals surface area contributed by atoms with Gasteiger partial charge in [0.25, 0.3) is 0 Å². The molecule has 59 heavy (non-hydrogen) atoms. The molecule has 0 saturated carbocycles. The fraction of sp³-hybridized carbons (Fsp3) is 0.354. The summed E-state index contributed by atoms with van der Waals surface area (Å²) in [6, 6.07) is 32.2. The molecule has 2 aliphatic rings. The number of nitrogens with one attached hydrogen (secondary N) is 1. The smallest absolute Gasteiger partial charge is 0.307 e. The second-order valence-corrected chi connectivity index (χ2v) is 16.1. The molecule has 4 atom stereocenters. The Balaban J connectivity index is 0.988. The van der Waals surface area contributed by atoms with Crippen molar-refractivity contribution in [2.45, 2.75) is 82.5 Å². The number of carbonyl (C=O) groups is 5. The first-order chi connectivity index (χ1) is 28.5. The lowest BCUT2D eigenvalue weighted by Gasteiger charge is -2.31. The standard InChI is InChI=1S/C48H52N4O7/c1-31(2)58-44(54)30-38(33-13-7-5-8-14-33)47(56)52-26-12-18-40(52)46(55)49-37-22-20-34(21-23-37)43-29-36-27-32(19-24-42(36)59-43)28-41(53)39-17-11-25-51(39)48(57)45(50(3)4)35-15-9-6-10-16-35/h5-10,13-16,19-24,27,29,31,38-40,45H,11-12,17-18,25-26,28,30H2,1-4H3,(H,49,55)/t38-,39+,40+,45-/m1/s1. The summed E-state index contributed by atoms with van der Waals surface area (Å²) in [4.78, 5) is 73.1. The Bertz CT molecular complexity index is 2290. The van der Waals surface area contributed by atoms with Crippen LogP contribution < -0.4 is 5.32 Å². The first kappa shape index (κ1) is 41.1. The van der Waals surface area contributed by atoms with Crippen LogP contribution in [-0.2, 0) is 35.1 Å². The largest absolute Gasteiger partial charge is 0.463 e. The molecule has 2 aliphatic heterocycles. The van der Waals surface area contributed by atoms with Gasteiger partial charge < -0.3 is 24.3 Å². The summed E-state index contributed by atoms with van der Waals surface area (Å²) in [5.41, 5.74) is 4.53. The first-order valence-electron chi connectivity index (χ1n) is 20.5. The number of nitrogens with zero attached hydrogens (tertiary/aromatic N) is 3. The van der Waals surface area contributed by atoms with Crippen molar-refractivity contribution >= 4 is 46.1 Å². The number of hydrogen-bond donors (Lipinski definition) is 1. The number of fused-ring (bicyclic) bond motifs is 1. The number of likely N-dealkylation sites (N-methyl/N-ethyl adjacent to an activating group) is 1. The molecule has 2 fully saturated rings. The van der Waals surface area contributed by atoms with Crippen LogP contribution in [0, 0.1) is 0 Å². The summed E-state index contributed by atoms with van der Waals surface area (Å²) in [5.74, 6) is -1.16. The van der Waals surface area contributed by atoms with Gasteiger partial charge in [0, 0.05) is 36.1 Å². The zero-order chi connectivity index (χ0) is 41.6. The summed E-state index contributed by atoms with van der Waals surface area (Å²) >= 11 is 0.